The van der Waals surface area contributed by atoms with Gasteiger partial charge in [0.15, 0.2) is 5.82 Å². The first-order valence-corrected chi connectivity index (χ1v) is 14.2. The number of anilines is 1. The molecular weight excluding hydrogens is 556 g/mol. The van der Waals surface area contributed by atoms with Crippen molar-refractivity contribution < 1.29 is 41.7 Å². The van der Waals surface area contributed by atoms with Gasteiger partial charge in [0.2, 0.25) is 10.0 Å². The Hall–Kier alpha value is -4.14. The Morgan fingerprint density at radius 1 is 1.12 bits per heavy atom. The van der Waals surface area contributed by atoms with Crippen LogP contribution in [-0.4, -0.2) is 68.8 Å². The van der Waals surface area contributed by atoms with Gasteiger partial charge in [-0.15, -0.1) is 5.10 Å². The van der Waals surface area contributed by atoms with Gasteiger partial charge in [-0.05, 0) is 52.0 Å². The van der Waals surface area contributed by atoms with Crippen LogP contribution in [0.5, 0.6) is 23.0 Å². The van der Waals surface area contributed by atoms with Crippen molar-refractivity contribution in [2.24, 2.45) is 0 Å². The summed E-state index contributed by atoms with van der Waals surface area (Å²) in [5.74, 6) is 0.578. The molecule has 1 amide bonds. The summed E-state index contributed by atoms with van der Waals surface area (Å²) in [6, 6.07) is 10.4. The number of hydrogen-bond donors (Lipinski definition) is 2. The lowest BCUT2D eigenvalue weighted by Gasteiger charge is -2.18. The summed E-state index contributed by atoms with van der Waals surface area (Å²) >= 11 is 0. The topological polar surface area (TPSA) is 156 Å². The van der Waals surface area contributed by atoms with Gasteiger partial charge in [-0.3, -0.25) is 4.79 Å². The van der Waals surface area contributed by atoms with Crippen LogP contribution in [0.2, 0.25) is 0 Å². The molecule has 0 aliphatic carbocycles. The summed E-state index contributed by atoms with van der Waals surface area (Å²) in [7, 11) is -2.16. The maximum absolute atomic E-state index is 13.2. The summed E-state index contributed by atoms with van der Waals surface area (Å²) < 4.78 is 56.1. The second kappa shape index (κ2) is 12.2. The number of carbonyl (C=O) groups is 2. The molecule has 1 aliphatic rings. The summed E-state index contributed by atoms with van der Waals surface area (Å²) in [4.78, 5) is 25.5. The fourth-order valence-corrected chi connectivity index (χ4v) is 4.90. The third kappa shape index (κ3) is 7.96. The Balaban J connectivity index is 1.59. The lowest BCUT2D eigenvalue weighted by Crippen LogP contribution is -2.27. The van der Waals surface area contributed by atoms with Crippen LogP contribution in [0.4, 0.5) is 10.6 Å². The summed E-state index contributed by atoms with van der Waals surface area (Å²) in [5, 5.41) is 6.71. The van der Waals surface area contributed by atoms with Crippen molar-refractivity contribution >= 4 is 27.8 Å². The first-order valence-electron chi connectivity index (χ1n) is 12.7. The number of rotatable bonds is 8. The third-order valence-corrected chi connectivity index (χ3v) is 6.88. The molecular formula is C27H32N4O9S. The van der Waals surface area contributed by atoms with E-state index in [-0.39, 0.29) is 52.8 Å². The summed E-state index contributed by atoms with van der Waals surface area (Å²) in [6.07, 6.45) is 0.346. The molecule has 1 aliphatic heterocycles. The standard InChI is InChI=1S/C27H32N4O9S/c1-17(16-36-5)38-20-12-18(25(32)29-24-8-10-31(30-24)26(33)40-27(2,3)4)13-21(14-20)39-19-6-7-23-22(15-19)37-11-9-28-41(23,34)35/h6-8,10,12-15,17,28H,9,11,16H2,1-5H3,(H,29,30,32)/t17-/m0/s1. The van der Waals surface area contributed by atoms with Crippen molar-refractivity contribution in [1.82, 2.24) is 14.5 Å². The van der Waals surface area contributed by atoms with Crippen molar-refractivity contribution in [3.05, 3.63) is 54.2 Å². The van der Waals surface area contributed by atoms with E-state index in [1.54, 1.807) is 40.9 Å². The predicted molar refractivity (Wildman–Crippen MR) is 147 cm³/mol. The number of nitrogens with one attached hydrogen (secondary N) is 2. The van der Waals surface area contributed by atoms with E-state index in [2.05, 4.69) is 15.1 Å². The van der Waals surface area contributed by atoms with Crippen LogP contribution < -0.4 is 24.2 Å². The molecule has 0 radical (unpaired) electrons. The van der Waals surface area contributed by atoms with Gasteiger partial charge in [-0.2, -0.15) is 4.68 Å². The Bertz CT molecular complexity index is 1530. The van der Waals surface area contributed by atoms with E-state index in [0.29, 0.717) is 12.4 Å². The highest BCUT2D eigenvalue weighted by Gasteiger charge is 2.24. The molecule has 220 valence electrons. The summed E-state index contributed by atoms with van der Waals surface area (Å²) in [6.45, 7) is 7.61. The van der Waals surface area contributed by atoms with Crippen LogP contribution in [0.15, 0.2) is 53.6 Å². The van der Waals surface area contributed by atoms with Crippen LogP contribution in [0, 0.1) is 0 Å². The van der Waals surface area contributed by atoms with E-state index < -0.39 is 27.6 Å². The van der Waals surface area contributed by atoms with Gasteiger partial charge in [0, 0.05) is 43.6 Å². The highest BCUT2D eigenvalue weighted by Crippen LogP contribution is 2.34. The number of carbonyl (C=O) groups excluding carboxylic acids is 2. The Morgan fingerprint density at radius 3 is 2.61 bits per heavy atom. The van der Waals surface area contributed by atoms with Crippen molar-refractivity contribution in [2.75, 3.05) is 32.2 Å². The second-order valence-corrected chi connectivity index (χ2v) is 11.8. The van der Waals surface area contributed by atoms with Gasteiger partial charge in [-0.25, -0.2) is 17.9 Å². The molecule has 1 aromatic heterocycles. The van der Waals surface area contributed by atoms with Gasteiger partial charge in [0.1, 0.15) is 46.2 Å². The highest BCUT2D eigenvalue weighted by atomic mass is 32.2. The Morgan fingerprint density at radius 2 is 1.88 bits per heavy atom. The molecule has 2 N–H and O–H groups in total. The molecule has 14 heteroatoms. The zero-order chi connectivity index (χ0) is 29.8. The molecule has 4 rings (SSSR count). The maximum Gasteiger partial charge on any atom is 0.435 e. The lowest BCUT2D eigenvalue weighted by atomic mass is 10.2. The molecule has 3 aromatic rings. The second-order valence-electron chi connectivity index (χ2n) is 10.1. The molecule has 13 nitrogen and oxygen atoms in total. The molecule has 1 atom stereocenters. The molecule has 0 spiro atoms. The number of methoxy groups -OCH3 is 1. The maximum atomic E-state index is 13.2. The first-order chi connectivity index (χ1) is 19.3. The summed E-state index contributed by atoms with van der Waals surface area (Å²) in [5.41, 5.74) is -0.538. The quantitative estimate of drug-likeness (QED) is 0.397. The number of sulfonamides is 1. The monoisotopic (exact) mass is 588 g/mol. The Kier molecular flexibility index (Phi) is 8.85. The number of fused-ring (bicyclic) bond motifs is 1. The number of aromatic nitrogens is 2. The number of amides is 1. The smallest absolute Gasteiger partial charge is 0.435 e. The van der Waals surface area contributed by atoms with Crippen LogP contribution >= 0.6 is 0 Å². The molecule has 0 unspecified atom stereocenters. The average Bonchev–Trinajstić information content (AvgIpc) is 3.28. The highest BCUT2D eigenvalue weighted by molar-refractivity contribution is 7.89. The number of nitrogens with zero attached hydrogens (tertiary/aromatic N) is 2. The number of hydrogen-bond acceptors (Lipinski definition) is 10. The normalized spacial score (nSPS) is 15.0. The zero-order valence-electron chi connectivity index (χ0n) is 23.3. The minimum atomic E-state index is -3.71. The van der Waals surface area contributed by atoms with E-state index in [1.807, 2.05) is 0 Å². The van der Waals surface area contributed by atoms with E-state index in [0.717, 1.165) is 4.68 Å². The fraction of sp³-hybridized carbons (Fsp3) is 0.370. The van der Waals surface area contributed by atoms with Gasteiger partial charge >= 0.3 is 6.09 Å². The van der Waals surface area contributed by atoms with E-state index in [9.17, 15) is 18.0 Å². The van der Waals surface area contributed by atoms with Crippen molar-refractivity contribution in [2.45, 2.75) is 44.3 Å². The minimum Gasteiger partial charge on any atom is -0.491 e. The van der Waals surface area contributed by atoms with Crippen LogP contribution in [0.1, 0.15) is 38.1 Å². The van der Waals surface area contributed by atoms with E-state index in [1.165, 1.54) is 42.6 Å². The molecule has 0 saturated carbocycles. The van der Waals surface area contributed by atoms with Crippen molar-refractivity contribution in [1.29, 1.82) is 0 Å². The lowest BCUT2D eigenvalue weighted by molar-refractivity contribution is 0.0514. The molecule has 2 aromatic carbocycles. The first kappa shape index (κ1) is 29.8. The zero-order valence-corrected chi connectivity index (χ0v) is 24.1. The number of benzene rings is 2. The largest absolute Gasteiger partial charge is 0.491 e. The van der Waals surface area contributed by atoms with Crippen LogP contribution in [-0.2, 0) is 19.5 Å². The van der Waals surface area contributed by atoms with Gasteiger partial charge in [0.05, 0.1) is 6.61 Å². The van der Waals surface area contributed by atoms with E-state index >= 15 is 0 Å². The number of ether oxygens (including phenoxy) is 5. The molecule has 2 heterocycles. The van der Waals surface area contributed by atoms with Gasteiger partial charge < -0.3 is 29.0 Å². The predicted octanol–water partition coefficient (Wildman–Crippen LogP) is 3.80. The van der Waals surface area contributed by atoms with Gasteiger partial charge in [0.25, 0.3) is 5.91 Å². The molecule has 0 fully saturated rings. The SMILES string of the molecule is COC[C@H](C)Oc1cc(Oc2ccc3c(c2)OCCNS3(=O)=O)cc(C(=O)Nc2ccn(C(=O)OC(C)(C)C)n2)c1. The fourth-order valence-electron chi connectivity index (χ4n) is 3.76. The molecule has 0 bridgehead atoms. The molecule has 41 heavy (non-hydrogen) atoms. The average molecular weight is 589 g/mol. The van der Waals surface area contributed by atoms with Gasteiger partial charge in [-0.1, -0.05) is 0 Å². The minimum absolute atomic E-state index is 0.00119. The Labute approximate surface area is 237 Å². The van der Waals surface area contributed by atoms with Crippen molar-refractivity contribution in [3.8, 4) is 23.0 Å². The molecule has 0 saturated heterocycles. The van der Waals surface area contributed by atoms with E-state index in [4.69, 9.17) is 23.7 Å². The van der Waals surface area contributed by atoms with Crippen LogP contribution in [0.3, 0.4) is 0 Å². The van der Waals surface area contributed by atoms with Crippen LogP contribution in [0.25, 0.3) is 0 Å². The third-order valence-electron chi connectivity index (χ3n) is 5.38. The van der Waals surface area contributed by atoms with Crippen molar-refractivity contribution in [3.63, 3.8) is 0 Å².